The third-order valence-electron chi connectivity index (χ3n) is 4.15. The summed E-state index contributed by atoms with van der Waals surface area (Å²) in [6.45, 7) is 4.91. The predicted octanol–water partition coefficient (Wildman–Crippen LogP) is 1.60. The number of benzene rings is 1. The fourth-order valence-corrected chi connectivity index (χ4v) is 2.62. The Morgan fingerprint density at radius 3 is 2.59 bits per heavy atom. The molecule has 0 radical (unpaired) electrons. The summed E-state index contributed by atoms with van der Waals surface area (Å²) in [6, 6.07) is 7.62. The van der Waals surface area contributed by atoms with Crippen LogP contribution in [0.3, 0.4) is 0 Å². The Balaban J connectivity index is 1.61. The topological polar surface area (TPSA) is 102 Å². The zero-order valence-electron chi connectivity index (χ0n) is 15.6. The first-order chi connectivity index (χ1) is 13.2. The molecule has 0 saturated carbocycles. The van der Waals surface area contributed by atoms with Crippen molar-refractivity contribution in [1.29, 1.82) is 0 Å². The molecule has 3 rings (SSSR count). The maximum absolute atomic E-state index is 12.1. The maximum atomic E-state index is 12.1. The van der Waals surface area contributed by atoms with Crippen molar-refractivity contribution < 1.29 is 14.3 Å². The van der Waals surface area contributed by atoms with Gasteiger partial charge < -0.3 is 25.0 Å². The summed E-state index contributed by atoms with van der Waals surface area (Å²) in [5, 5.41) is 5.55. The first kappa shape index (κ1) is 18.8. The smallest absolute Gasteiger partial charge is 0.321 e. The fourth-order valence-electron chi connectivity index (χ4n) is 2.62. The third kappa shape index (κ3) is 5.27. The number of carbonyl (C=O) groups excluding carboxylic acids is 1. The molecule has 0 atom stereocenters. The van der Waals surface area contributed by atoms with E-state index < -0.39 is 0 Å². The number of hydrogen-bond acceptors (Lipinski definition) is 7. The van der Waals surface area contributed by atoms with Gasteiger partial charge in [-0.3, -0.25) is 0 Å². The predicted molar refractivity (Wildman–Crippen MR) is 101 cm³/mol. The number of nitrogens with zero attached hydrogens (tertiary/aromatic N) is 4. The number of morpholine rings is 1. The van der Waals surface area contributed by atoms with Crippen molar-refractivity contribution in [1.82, 2.24) is 20.3 Å². The molecule has 1 aromatic carbocycles. The third-order valence-corrected chi connectivity index (χ3v) is 4.15. The van der Waals surface area contributed by atoms with Crippen molar-refractivity contribution >= 4 is 17.7 Å². The number of ether oxygens (including phenoxy) is 2. The van der Waals surface area contributed by atoms with Crippen molar-refractivity contribution in [3.8, 4) is 6.01 Å². The highest BCUT2D eigenvalue weighted by Crippen LogP contribution is 2.14. The highest BCUT2D eigenvalue weighted by Gasteiger charge is 2.17. The van der Waals surface area contributed by atoms with Crippen LogP contribution in [-0.4, -0.2) is 54.4 Å². The molecule has 1 aromatic heterocycles. The molecule has 1 fully saturated rings. The number of amides is 2. The van der Waals surface area contributed by atoms with Crippen molar-refractivity contribution in [2.75, 3.05) is 43.6 Å². The van der Waals surface area contributed by atoms with E-state index in [4.69, 9.17) is 9.47 Å². The van der Waals surface area contributed by atoms with E-state index in [1.54, 1.807) is 0 Å². The van der Waals surface area contributed by atoms with Gasteiger partial charge in [-0.15, -0.1) is 0 Å². The van der Waals surface area contributed by atoms with Gasteiger partial charge in [0.1, 0.15) is 0 Å². The number of nitrogens with one attached hydrogen (secondary N) is 2. The van der Waals surface area contributed by atoms with Gasteiger partial charge in [0.15, 0.2) is 5.82 Å². The number of urea groups is 1. The lowest BCUT2D eigenvalue weighted by Gasteiger charge is -2.26. The number of hydrogen-bond donors (Lipinski definition) is 2. The molecule has 0 unspecified atom stereocenters. The Labute approximate surface area is 158 Å². The van der Waals surface area contributed by atoms with E-state index in [1.807, 2.05) is 29.2 Å². The van der Waals surface area contributed by atoms with Gasteiger partial charge in [-0.2, -0.15) is 15.0 Å². The van der Waals surface area contributed by atoms with Crippen LogP contribution in [0.25, 0.3) is 0 Å². The van der Waals surface area contributed by atoms with Crippen LogP contribution < -0.4 is 20.3 Å². The summed E-state index contributed by atoms with van der Waals surface area (Å²) in [6.07, 6.45) is 0.958. The van der Waals surface area contributed by atoms with Gasteiger partial charge in [-0.25, -0.2) is 4.79 Å². The minimum Gasteiger partial charge on any atom is -0.467 e. The summed E-state index contributed by atoms with van der Waals surface area (Å²) < 4.78 is 10.5. The summed E-state index contributed by atoms with van der Waals surface area (Å²) in [4.78, 5) is 27.1. The van der Waals surface area contributed by atoms with E-state index in [1.165, 1.54) is 12.7 Å². The molecule has 2 aromatic rings. The average molecular weight is 372 g/mol. The molecule has 1 aliphatic heterocycles. The summed E-state index contributed by atoms with van der Waals surface area (Å²) in [5.41, 5.74) is 1.95. The molecule has 1 aliphatic rings. The Morgan fingerprint density at radius 2 is 1.93 bits per heavy atom. The van der Waals surface area contributed by atoms with Crippen LogP contribution in [0, 0.1) is 0 Å². The molecule has 9 heteroatoms. The van der Waals surface area contributed by atoms with Gasteiger partial charge in [0.25, 0.3) is 0 Å². The number of aromatic nitrogens is 3. The Hall–Kier alpha value is -2.94. The Bertz CT molecular complexity index is 762. The average Bonchev–Trinajstić information content (AvgIpc) is 2.73. The second-order valence-corrected chi connectivity index (χ2v) is 6.00. The molecule has 2 amide bonds. The van der Waals surface area contributed by atoms with Gasteiger partial charge in [0.2, 0.25) is 5.95 Å². The molecule has 9 nitrogen and oxygen atoms in total. The molecular weight excluding hydrogens is 348 g/mol. The van der Waals surface area contributed by atoms with Gasteiger partial charge >= 0.3 is 12.0 Å². The number of carbonyl (C=O) groups is 1. The second-order valence-electron chi connectivity index (χ2n) is 6.00. The first-order valence-electron chi connectivity index (χ1n) is 8.93. The number of rotatable bonds is 6. The van der Waals surface area contributed by atoms with Crippen molar-refractivity contribution in [3.05, 3.63) is 35.7 Å². The summed E-state index contributed by atoms with van der Waals surface area (Å²) >= 11 is 0. The second kappa shape index (κ2) is 9.13. The first-order valence-corrected chi connectivity index (χ1v) is 8.93. The number of anilines is 2. The van der Waals surface area contributed by atoms with Crippen molar-refractivity contribution in [2.24, 2.45) is 0 Å². The lowest BCUT2D eigenvalue weighted by Crippen LogP contribution is -2.38. The lowest BCUT2D eigenvalue weighted by molar-refractivity contribution is 0.122. The minimum atomic E-state index is -0.327. The van der Waals surface area contributed by atoms with Crippen molar-refractivity contribution in [3.63, 3.8) is 0 Å². The molecular formula is C18H24N6O3. The highest BCUT2D eigenvalue weighted by molar-refractivity contribution is 5.89. The summed E-state index contributed by atoms with van der Waals surface area (Å²) in [5.74, 6) is 0.956. The largest absolute Gasteiger partial charge is 0.467 e. The Morgan fingerprint density at radius 1 is 1.19 bits per heavy atom. The van der Waals surface area contributed by atoms with Crippen LogP contribution in [0.2, 0.25) is 0 Å². The van der Waals surface area contributed by atoms with Crippen LogP contribution in [0.4, 0.5) is 16.4 Å². The quantitative estimate of drug-likeness (QED) is 0.794. The van der Waals surface area contributed by atoms with E-state index in [0.29, 0.717) is 38.1 Å². The van der Waals surface area contributed by atoms with E-state index in [-0.39, 0.29) is 18.6 Å². The number of aryl methyl sites for hydroxylation is 1. The van der Waals surface area contributed by atoms with Crippen LogP contribution in [0.15, 0.2) is 24.3 Å². The van der Waals surface area contributed by atoms with Crippen LogP contribution in [0.1, 0.15) is 18.3 Å². The van der Waals surface area contributed by atoms with Crippen LogP contribution in [0.5, 0.6) is 6.01 Å². The van der Waals surface area contributed by atoms with Gasteiger partial charge in [-0.1, -0.05) is 19.1 Å². The Kier molecular flexibility index (Phi) is 6.37. The van der Waals surface area contributed by atoms with Crippen LogP contribution >= 0.6 is 0 Å². The van der Waals surface area contributed by atoms with Crippen LogP contribution in [-0.2, 0) is 17.7 Å². The normalized spacial score (nSPS) is 13.9. The maximum Gasteiger partial charge on any atom is 0.321 e. The molecule has 27 heavy (non-hydrogen) atoms. The lowest BCUT2D eigenvalue weighted by atomic mass is 10.1. The number of methoxy groups -OCH3 is 1. The molecule has 0 bridgehead atoms. The SMILES string of the molecule is CCc1ccc(NC(=O)NCc2nc(OC)nc(N3CCOCC3)n2)cc1. The monoisotopic (exact) mass is 372 g/mol. The van der Waals surface area contributed by atoms with Gasteiger partial charge in [-0.05, 0) is 24.1 Å². The molecule has 0 spiro atoms. The van der Waals surface area contributed by atoms with Gasteiger partial charge in [0.05, 0.1) is 26.9 Å². The molecule has 2 heterocycles. The zero-order valence-corrected chi connectivity index (χ0v) is 15.6. The van der Waals surface area contributed by atoms with E-state index in [0.717, 1.165) is 12.1 Å². The van der Waals surface area contributed by atoms with E-state index >= 15 is 0 Å². The fraction of sp³-hybridized carbons (Fsp3) is 0.444. The molecule has 144 valence electrons. The standard InChI is InChI=1S/C18H24N6O3/c1-3-13-4-6-14(7-5-13)20-17(25)19-12-15-21-16(23-18(22-15)26-2)24-8-10-27-11-9-24/h4-7H,3,8-12H2,1-2H3,(H2,19,20,25). The minimum absolute atomic E-state index is 0.162. The summed E-state index contributed by atoms with van der Waals surface area (Å²) in [7, 11) is 1.50. The molecule has 0 aliphatic carbocycles. The zero-order chi connectivity index (χ0) is 19.1. The van der Waals surface area contributed by atoms with E-state index in [2.05, 4.69) is 32.5 Å². The van der Waals surface area contributed by atoms with E-state index in [9.17, 15) is 4.79 Å². The molecule has 2 N–H and O–H groups in total. The van der Waals surface area contributed by atoms with Gasteiger partial charge in [0, 0.05) is 18.8 Å². The van der Waals surface area contributed by atoms with Crippen molar-refractivity contribution in [2.45, 2.75) is 19.9 Å². The molecule has 1 saturated heterocycles. The highest BCUT2D eigenvalue weighted by atomic mass is 16.5.